The Hall–Kier alpha value is -1.54. The summed E-state index contributed by atoms with van der Waals surface area (Å²) < 4.78 is 10.3. The molecule has 0 unspecified atom stereocenters. The Bertz CT molecular complexity index is 467. The quantitative estimate of drug-likeness (QED) is 0.564. The van der Waals surface area contributed by atoms with Crippen molar-refractivity contribution < 1.29 is 19.1 Å². The molecule has 0 aromatic heterocycles. The molecule has 0 aromatic rings. The Balaban J connectivity index is 0.000000280. The van der Waals surface area contributed by atoms with E-state index in [-0.39, 0.29) is 36.4 Å². The highest BCUT2D eigenvalue weighted by Crippen LogP contribution is 2.18. The summed E-state index contributed by atoms with van der Waals surface area (Å²) in [4.78, 5) is 22.7. The van der Waals surface area contributed by atoms with E-state index >= 15 is 0 Å². The number of hydrogen-bond acceptors (Lipinski definition) is 6. The third-order valence-corrected chi connectivity index (χ3v) is 4.39. The zero-order valence-electron chi connectivity index (χ0n) is 18.3. The van der Waals surface area contributed by atoms with Gasteiger partial charge in [-0.2, -0.15) is 0 Å². The maximum absolute atomic E-state index is 11.3. The summed E-state index contributed by atoms with van der Waals surface area (Å²) in [6, 6.07) is 0.851. The van der Waals surface area contributed by atoms with Gasteiger partial charge >= 0.3 is 12.2 Å². The molecule has 0 aliphatic heterocycles. The molecule has 8 nitrogen and oxygen atoms in total. The molecule has 2 amide bonds. The normalized spacial score (nSPS) is 27.4. The van der Waals surface area contributed by atoms with Crippen molar-refractivity contribution in [3.05, 3.63) is 0 Å². The lowest BCUT2D eigenvalue weighted by atomic mass is 10.2. The van der Waals surface area contributed by atoms with Crippen molar-refractivity contribution in [2.75, 3.05) is 0 Å². The van der Waals surface area contributed by atoms with E-state index in [4.69, 9.17) is 20.9 Å². The third-order valence-electron chi connectivity index (χ3n) is 4.39. The minimum absolute atomic E-state index is 0.194. The number of hydrogen-bond donors (Lipinski definition) is 4. The van der Waals surface area contributed by atoms with Gasteiger partial charge in [0, 0.05) is 24.2 Å². The van der Waals surface area contributed by atoms with E-state index in [1.807, 2.05) is 41.5 Å². The van der Waals surface area contributed by atoms with E-state index in [1.165, 1.54) is 0 Å². The lowest BCUT2D eigenvalue weighted by molar-refractivity contribution is 0.0493. The van der Waals surface area contributed by atoms with Crippen molar-refractivity contribution in [2.24, 2.45) is 11.5 Å². The Morgan fingerprint density at radius 2 is 1.04 bits per heavy atom. The van der Waals surface area contributed by atoms with E-state index < -0.39 is 11.2 Å². The van der Waals surface area contributed by atoms with Gasteiger partial charge in [0.05, 0.1) is 0 Å². The summed E-state index contributed by atoms with van der Waals surface area (Å²) in [5.41, 5.74) is 10.6. The van der Waals surface area contributed by atoms with E-state index in [0.29, 0.717) is 0 Å². The maximum atomic E-state index is 11.3. The van der Waals surface area contributed by atoms with Gasteiger partial charge in [0.1, 0.15) is 11.2 Å². The van der Waals surface area contributed by atoms with Crippen molar-refractivity contribution in [2.45, 2.75) is 115 Å². The minimum atomic E-state index is -0.426. The molecule has 0 saturated heterocycles. The van der Waals surface area contributed by atoms with Crippen LogP contribution in [0.3, 0.4) is 0 Å². The first-order chi connectivity index (χ1) is 12.7. The summed E-state index contributed by atoms with van der Waals surface area (Å²) in [5, 5.41) is 5.65. The Kier molecular flexibility index (Phi) is 9.01. The SMILES string of the molecule is CC(C)(C)OC(=O)N[C@@H]1CC[C@@H](N)C1.CC(C)(C)OC(=O)N[C@H]1CC[C@H](N)C1. The van der Waals surface area contributed by atoms with Gasteiger partial charge in [-0.05, 0) is 80.1 Å². The number of amides is 2. The minimum Gasteiger partial charge on any atom is -0.444 e. The van der Waals surface area contributed by atoms with Gasteiger partial charge in [-0.25, -0.2) is 9.59 Å². The van der Waals surface area contributed by atoms with Crippen LogP contribution in [-0.4, -0.2) is 47.6 Å². The summed E-state index contributed by atoms with van der Waals surface area (Å²) in [5.74, 6) is 0. The molecule has 6 N–H and O–H groups in total. The highest BCUT2D eigenvalue weighted by molar-refractivity contribution is 5.68. The number of rotatable bonds is 2. The van der Waals surface area contributed by atoms with E-state index in [9.17, 15) is 9.59 Å². The zero-order valence-corrected chi connectivity index (χ0v) is 18.3. The van der Waals surface area contributed by atoms with Crippen LogP contribution in [0, 0.1) is 0 Å². The second-order valence-corrected chi connectivity index (χ2v) is 9.83. The number of carbonyl (C=O) groups excluding carboxylic acids is 2. The Morgan fingerprint density at radius 1 is 0.714 bits per heavy atom. The lowest BCUT2D eigenvalue weighted by Gasteiger charge is -2.21. The number of alkyl carbamates (subject to hydrolysis) is 2. The second-order valence-electron chi connectivity index (χ2n) is 9.83. The zero-order chi connectivity index (χ0) is 21.5. The van der Waals surface area contributed by atoms with Crippen molar-refractivity contribution in [1.29, 1.82) is 0 Å². The fourth-order valence-electron chi connectivity index (χ4n) is 3.24. The molecule has 0 spiro atoms. The Morgan fingerprint density at radius 3 is 1.25 bits per heavy atom. The van der Waals surface area contributed by atoms with Crippen LogP contribution in [-0.2, 0) is 9.47 Å². The molecule has 2 saturated carbocycles. The maximum Gasteiger partial charge on any atom is 0.407 e. The molecule has 2 rings (SSSR count). The van der Waals surface area contributed by atoms with Crippen LogP contribution in [0.1, 0.15) is 80.1 Å². The van der Waals surface area contributed by atoms with Crippen LogP contribution < -0.4 is 22.1 Å². The number of nitrogens with one attached hydrogen (secondary N) is 2. The first-order valence-corrected chi connectivity index (χ1v) is 10.2. The number of carbonyl (C=O) groups is 2. The van der Waals surface area contributed by atoms with Gasteiger partial charge in [0.25, 0.3) is 0 Å². The largest absolute Gasteiger partial charge is 0.444 e. The standard InChI is InChI=1S/2C10H20N2O2/c2*1-10(2,3)14-9(13)12-8-5-4-7(11)6-8/h2*7-8H,4-6,11H2,1-3H3,(H,12,13)/t2*7-,8-/m10/s1. The first-order valence-electron chi connectivity index (χ1n) is 10.2. The molecule has 28 heavy (non-hydrogen) atoms. The predicted molar refractivity (Wildman–Crippen MR) is 110 cm³/mol. The highest BCUT2D eigenvalue weighted by Gasteiger charge is 2.26. The van der Waals surface area contributed by atoms with Crippen molar-refractivity contribution in [3.63, 3.8) is 0 Å². The lowest BCUT2D eigenvalue weighted by Crippen LogP contribution is -2.38. The molecule has 2 fully saturated rings. The van der Waals surface area contributed by atoms with E-state index in [2.05, 4.69) is 10.6 Å². The summed E-state index contributed by atoms with van der Waals surface area (Å²) in [6.45, 7) is 11.1. The smallest absolute Gasteiger partial charge is 0.407 e. The molecule has 0 radical (unpaired) electrons. The summed E-state index contributed by atoms with van der Waals surface area (Å²) in [6.07, 6.45) is 4.94. The van der Waals surface area contributed by atoms with Gasteiger partial charge < -0.3 is 31.6 Å². The monoisotopic (exact) mass is 400 g/mol. The highest BCUT2D eigenvalue weighted by atomic mass is 16.6. The molecular weight excluding hydrogens is 360 g/mol. The van der Waals surface area contributed by atoms with Gasteiger partial charge in [0.2, 0.25) is 0 Å². The van der Waals surface area contributed by atoms with Crippen LogP contribution >= 0.6 is 0 Å². The van der Waals surface area contributed by atoms with Gasteiger partial charge in [-0.15, -0.1) is 0 Å². The van der Waals surface area contributed by atoms with Crippen LogP contribution in [0.4, 0.5) is 9.59 Å². The van der Waals surface area contributed by atoms with Crippen molar-refractivity contribution in [1.82, 2.24) is 10.6 Å². The summed E-state index contributed by atoms with van der Waals surface area (Å²) in [7, 11) is 0. The van der Waals surface area contributed by atoms with Crippen molar-refractivity contribution in [3.8, 4) is 0 Å². The van der Waals surface area contributed by atoms with Gasteiger partial charge in [-0.1, -0.05) is 0 Å². The summed E-state index contributed by atoms with van der Waals surface area (Å²) >= 11 is 0. The molecule has 2 aliphatic rings. The molecule has 0 bridgehead atoms. The molecule has 8 heteroatoms. The molecule has 4 atom stereocenters. The molecule has 2 aliphatic carbocycles. The second kappa shape index (κ2) is 10.3. The number of nitrogens with two attached hydrogens (primary N) is 2. The third kappa shape index (κ3) is 11.3. The van der Waals surface area contributed by atoms with E-state index in [1.54, 1.807) is 0 Å². The van der Waals surface area contributed by atoms with Gasteiger partial charge in [0.15, 0.2) is 0 Å². The molecule has 0 heterocycles. The number of ether oxygens (including phenoxy) is 2. The van der Waals surface area contributed by atoms with Crippen molar-refractivity contribution >= 4 is 12.2 Å². The molecular formula is C20H40N4O4. The average molecular weight is 401 g/mol. The van der Waals surface area contributed by atoms with E-state index in [0.717, 1.165) is 38.5 Å². The molecule has 0 aromatic carbocycles. The Labute approximate surface area is 169 Å². The van der Waals surface area contributed by atoms with Crippen LogP contribution in [0.25, 0.3) is 0 Å². The topological polar surface area (TPSA) is 129 Å². The van der Waals surface area contributed by atoms with Gasteiger partial charge in [-0.3, -0.25) is 0 Å². The van der Waals surface area contributed by atoms with Crippen LogP contribution in [0.2, 0.25) is 0 Å². The predicted octanol–water partition coefficient (Wildman–Crippen LogP) is 2.78. The first kappa shape index (κ1) is 24.5. The average Bonchev–Trinajstić information content (AvgIpc) is 3.04. The van der Waals surface area contributed by atoms with Crippen LogP contribution in [0.15, 0.2) is 0 Å². The molecule has 164 valence electrons. The van der Waals surface area contributed by atoms with Crippen LogP contribution in [0.5, 0.6) is 0 Å². The fraction of sp³-hybridized carbons (Fsp3) is 0.900. The fourth-order valence-corrected chi connectivity index (χ4v) is 3.24.